The van der Waals surface area contributed by atoms with E-state index in [9.17, 15) is 4.79 Å². The normalized spacial score (nSPS) is 10.4. The summed E-state index contributed by atoms with van der Waals surface area (Å²) in [5.41, 5.74) is 1.04. The third-order valence-corrected chi connectivity index (χ3v) is 2.05. The molecule has 0 fully saturated rings. The van der Waals surface area contributed by atoms with Crippen LogP contribution in [-0.2, 0) is 0 Å². The van der Waals surface area contributed by atoms with E-state index < -0.39 is 0 Å². The molecule has 0 radical (unpaired) electrons. The molecule has 12 heavy (non-hydrogen) atoms. The molecule has 4 nitrogen and oxygen atoms in total. The first-order valence-electron chi connectivity index (χ1n) is 3.27. The predicted octanol–water partition coefficient (Wildman–Crippen LogP) is 1.30. The molecule has 2 rings (SSSR count). The molecule has 0 saturated carbocycles. The molecule has 0 spiro atoms. The summed E-state index contributed by atoms with van der Waals surface area (Å²) in [6.45, 7) is 0. The molecule has 0 unspecified atom stereocenters. The Balaban J connectivity index is 2.82. The summed E-state index contributed by atoms with van der Waals surface area (Å²) in [5, 5.41) is 3.97. The molecular formula is C7H4BrN3O. The van der Waals surface area contributed by atoms with Crippen molar-refractivity contribution >= 4 is 27.9 Å². The molecule has 0 aromatic carbocycles. The van der Waals surface area contributed by atoms with Gasteiger partial charge in [-0.3, -0.25) is 4.79 Å². The van der Waals surface area contributed by atoms with Crippen LogP contribution >= 0.6 is 15.9 Å². The van der Waals surface area contributed by atoms with Crippen molar-refractivity contribution in [2.24, 2.45) is 0 Å². The summed E-state index contributed by atoms with van der Waals surface area (Å²) in [4.78, 5) is 14.4. The van der Waals surface area contributed by atoms with Crippen LogP contribution in [0.4, 0.5) is 0 Å². The molecule has 0 aliphatic rings. The minimum atomic E-state index is 0.384. The Morgan fingerprint density at radius 3 is 3.08 bits per heavy atom. The summed E-state index contributed by atoms with van der Waals surface area (Å²) in [6, 6.07) is 3.38. The van der Waals surface area contributed by atoms with Crippen molar-refractivity contribution in [1.82, 2.24) is 14.6 Å². The lowest BCUT2D eigenvalue weighted by Crippen LogP contribution is -1.91. The van der Waals surface area contributed by atoms with Gasteiger partial charge in [-0.25, -0.2) is 9.50 Å². The van der Waals surface area contributed by atoms with Gasteiger partial charge in [0, 0.05) is 12.3 Å². The highest BCUT2D eigenvalue weighted by atomic mass is 79.9. The highest BCUT2D eigenvalue weighted by Crippen LogP contribution is 2.10. The highest BCUT2D eigenvalue weighted by molar-refractivity contribution is 9.10. The number of carbonyl (C=O) groups excluding carboxylic acids is 1. The number of halogens is 1. The summed E-state index contributed by atoms with van der Waals surface area (Å²) in [5.74, 6) is 0. The van der Waals surface area contributed by atoms with Crippen LogP contribution in [-0.4, -0.2) is 20.9 Å². The Hall–Kier alpha value is -1.23. The third-order valence-electron chi connectivity index (χ3n) is 1.45. The Morgan fingerprint density at radius 2 is 2.42 bits per heavy atom. The van der Waals surface area contributed by atoms with Gasteiger partial charge < -0.3 is 0 Å². The molecule has 0 N–H and O–H groups in total. The molecule has 0 atom stereocenters. The number of hydrogen-bond acceptors (Lipinski definition) is 3. The summed E-state index contributed by atoms with van der Waals surface area (Å²) >= 11 is 3.28. The van der Waals surface area contributed by atoms with Crippen molar-refractivity contribution in [2.75, 3.05) is 0 Å². The van der Waals surface area contributed by atoms with Crippen LogP contribution in [0.25, 0.3) is 5.65 Å². The van der Waals surface area contributed by atoms with Gasteiger partial charge in [0.25, 0.3) is 0 Å². The van der Waals surface area contributed by atoms with E-state index in [0.29, 0.717) is 17.6 Å². The molecule has 0 saturated heterocycles. The van der Waals surface area contributed by atoms with Crippen LogP contribution in [0.1, 0.15) is 10.5 Å². The maximum atomic E-state index is 10.4. The second-order valence-corrected chi connectivity index (χ2v) is 3.04. The molecule has 0 aliphatic carbocycles. The monoisotopic (exact) mass is 225 g/mol. The molecule has 0 aliphatic heterocycles. The molecule has 5 heteroatoms. The Kier molecular flexibility index (Phi) is 1.65. The number of aromatic nitrogens is 3. The quantitative estimate of drug-likeness (QED) is 0.543. The van der Waals surface area contributed by atoms with Crippen molar-refractivity contribution in [2.45, 2.75) is 0 Å². The first kappa shape index (κ1) is 7.42. The van der Waals surface area contributed by atoms with E-state index in [-0.39, 0.29) is 0 Å². The smallest absolute Gasteiger partial charge is 0.170 e. The van der Waals surface area contributed by atoms with Crippen molar-refractivity contribution in [1.29, 1.82) is 0 Å². The lowest BCUT2D eigenvalue weighted by molar-refractivity contribution is 0.111. The van der Waals surface area contributed by atoms with Crippen molar-refractivity contribution in [3.63, 3.8) is 0 Å². The van der Waals surface area contributed by atoms with Gasteiger partial charge >= 0.3 is 0 Å². The number of carbonyl (C=O) groups is 1. The molecule has 2 heterocycles. The molecule has 0 bridgehead atoms. The number of hydrogen-bond donors (Lipinski definition) is 0. The summed E-state index contributed by atoms with van der Waals surface area (Å²) in [7, 11) is 0. The van der Waals surface area contributed by atoms with Crippen LogP contribution in [0, 0.1) is 0 Å². The van der Waals surface area contributed by atoms with Crippen LogP contribution in [0.15, 0.2) is 22.9 Å². The summed E-state index contributed by atoms with van der Waals surface area (Å²) < 4.78 is 2.34. The fourth-order valence-electron chi connectivity index (χ4n) is 0.941. The van der Waals surface area contributed by atoms with Gasteiger partial charge in [-0.15, -0.1) is 0 Å². The zero-order valence-corrected chi connectivity index (χ0v) is 7.52. The number of nitrogens with zero attached hydrogens (tertiary/aromatic N) is 3. The van der Waals surface area contributed by atoms with Crippen LogP contribution < -0.4 is 0 Å². The SMILES string of the molecule is O=Cc1cc2nccc(Br)n2n1. The molecule has 2 aromatic rings. The fraction of sp³-hybridized carbons (Fsp3) is 0. The Bertz CT molecular complexity index is 437. The van der Waals surface area contributed by atoms with Gasteiger partial charge in [-0.05, 0) is 22.0 Å². The third kappa shape index (κ3) is 1.02. The zero-order valence-electron chi connectivity index (χ0n) is 5.94. The molecule has 2 aromatic heterocycles. The van der Waals surface area contributed by atoms with Gasteiger partial charge in [0.05, 0.1) is 0 Å². The van der Waals surface area contributed by atoms with Crippen LogP contribution in [0.5, 0.6) is 0 Å². The van der Waals surface area contributed by atoms with Crippen molar-refractivity contribution in [3.05, 3.63) is 28.6 Å². The van der Waals surface area contributed by atoms with Gasteiger partial charge in [0.2, 0.25) is 0 Å². The Morgan fingerprint density at radius 1 is 1.58 bits per heavy atom. The second kappa shape index (κ2) is 2.67. The standard InChI is InChI=1S/C7H4BrN3O/c8-6-1-2-9-7-3-5(4-12)10-11(6)7/h1-4H. The number of aldehydes is 1. The maximum Gasteiger partial charge on any atom is 0.170 e. The Labute approximate surface area is 76.4 Å². The molecular weight excluding hydrogens is 222 g/mol. The highest BCUT2D eigenvalue weighted by Gasteiger charge is 2.02. The zero-order chi connectivity index (χ0) is 8.55. The predicted molar refractivity (Wildman–Crippen MR) is 46.1 cm³/mol. The lowest BCUT2D eigenvalue weighted by atomic mass is 10.5. The van der Waals surface area contributed by atoms with E-state index in [1.54, 1.807) is 22.8 Å². The lowest BCUT2D eigenvalue weighted by Gasteiger charge is -1.92. The van der Waals surface area contributed by atoms with Gasteiger partial charge in [0.15, 0.2) is 11.9 Å². The first-order valence-corrected chi connectivity index (χ1v) is 4.06. The van der Waals surface area contributed by atoms with Gasteiger partial charge in [0.1, 0.15) is 10.3 Å². The second-order valence-electron chi connectivity index (χ2n) is 2.22. The summed E-state index contributed by atoms with van der Waals surface area (Å²) in [6.07, 6.45) is 2.34. The number of fused-ring (bicyclic) bond motifs is 1. The minimum Gasteiger partial charge on any atom is -0.296 e. The van der Waals surface area contributed by atoms with Crippen molar-refractivity contribution < 1.29 is 4.79 Å². The average Bonchev–Trinajstić information content (AvgIpc) is 2.49. The topological polar surface area (TPSA) is 47.3 Å². The van der Waals surface area contributed by atoms with E-state index in [1.807, 2.05) is 0 Å². The van der Waals surface area contributed by atoms with E-state index in [0.717, 1.165) is 4.60 Å². The van der Waals surface area contributed by atoms with E-state index in [4.69, 9.17) is 0 Å². The first-order chi connectivity index (χ1) is 5.81. The van der Waals surface area contributed by atoms with Crippen LogP contribution in [0.2, 0.25) is 0 Å². The van der Waals surface area contributed by atoms with Crippen LogP contribution in [0.3, 0.4) is 0 Å². The van der Waals surface area contributed by atoms with E-state index in [1.165, 1.54) is 0 Å². The molecule has 60 valence electrons. The largest absolute Gasteiger partial charge is 0.296 e. The average molecular weight is 226 g/mol. The van der Waals surface area contributed by atoms with E-state index in [2.05, 4.69) is 26.0 Å². The maximum absolute atomic E-state index is 10.4. The van der Waals surface area contributed by atoms with Gasteiger partial charge in [-0.2, -0.15) is 5.10 Å². The van der Waals surface area contributed by atoms with E-state index >= 15 is 0 Å². The van der Waals surface area contributed by atoms with Crippen molar-refractivity contribution in [3.8, 4) is 0 Å². The minimum absolute atomic E-state index is 0.384. The fourth-order valence-corrected chi connectivity index (χ4v) is 1.32. The molecule has 0 amide bonds. The van der Waals surface area contributed by atoms with Gasteiger partial charge in [-0.1, -0.05) is 0 Å². The number of rotatable bonds is 1.